The lowest BCUT2D eigenvalue weighted by Crippen LogP contribution is -2.34. The van der Waals surface area contributed by atoms with Crippen LogP contribution in [-0.2, 0) is 6.54 Å². The number of rotatable bonds is 8. The first-order valence-electron chi connectivity index (χ1n) is 8.95. The van der Waals surface area contributed by atoms with Crippen molar-refractivity contribution < 1.29 is 9.47 Å². The van der Waals surface area contributed by atoms with Crippen LogP contribution < -0.4 is 14.8 Å². The van der Waals surface area contributed by atoms with Crippen molar-refractivity contribution in [2.45, 2.75) is 58.0 Å². The number of methoxy groups -OCH3 is 1. The van der Waals surface area contributed by atoms with E-state index >= 15 is 0 Å². The maximum Gasteiger partial charge on any atom is 0.318 e. The highest BCUT2D eigenvalue weighted by molar-refractivity contribution is 5.71. The first kappa shape index (κ1) is 17.0. The standard InChI is InChI=1S/C17H27N5O2/c1-3-4-11-24-16-19-12-14-15(21-16)22(17(20-14)23-2)10-8-13-7-5-6-9-18-13/h12-13,18H,3-11H2,1-2H3. The van der Waals surface area contributed by atoms with Gasteiger partial charge in [0.25, 0.3) is 6.01 Å². The third-order valence-corrected chi connectivity index (χ3v) is 4.46. The van der Waals surface area contributed by atoms with Crippen LogP contribution in [0.3, 0.4) is 0 Å². The molecule has 1 saturated heterocycles. The highest BCUT2D eigenvalue weighted by Gasteiger charge is 2.17. The summed E-state index contributed by atoms with van der Waals surface area (Å²) in [6, 6.07) is 1.55. The van der Waals surface area contributed by atoms with E-state index in [2.05, 4.69) is 27.2 Å². The number of imidazole rings is 1. The minimum atomic E-state index is 0.413. The van der Waals surface area contributed by atoms with Gasteiger partial charge in [-0.05, 0) is 32.2 Å². The van der Waals surface area contributed by atoms with Gasteiger partial charge in [-0.15, -0.1) is 0 Å². The number of nitrogens with zero attached hydrogens (tertiary/aromatic N) is 4. The molecule has 7 nitrogen and oxygen atoms in total. The van der Waals surface area contributed by atoms with Crippen LogP contribution in [0.2, 0.25) is 0 Å². The third kappa shape index (κ3) is 3.95. The average molecular weight is 333 g/mol. The topological polar surface area (TPSA) is 74.1 Å². The van der Waals surface area contributed by atoms with E-state index < -0.39 is 0 Å². The maximum atomic E-state index is 5.63. The highest BCUT2D eigenvalue weighted by atomic mass is 16.5. The zero-order valence-corrected chi connectivity index (χ0v) is 14.6. The molecule has 0 bridgehead atoms. The fraction of sp³-hybridized carbons (Fsp3) is 0.706. The molecule has 3 heterocycles. The van der Waals surface area contributed by atoms with Crippen molar-refractivity contribution in [2.75, 3.05) is 20.3 Å². The summed E-state index contributed by atoms with van der Waals surface area (Å²) < 4.78 is 13.1. The number of aromatic nitrogens is 4. The number of aryl methyl sites for hydroxylation is 1. The van der Waals surface area contributed by atoms with E-state index in [4.69, 9.17) is 9.47 Å². The zero-order chi connectivity index (χ0) is 16.8. The van der Waals surface area contributed by atoms with Gasteiger partial charge >= 0.3 is 6.01 Å². The van der Waals surface area contributed by atoms with Gasteiger partial charge in [-0.3, -0.25) is 4.57 Å². The van der Waals surface area contributed by atoms with E-state index in [-0.39, 0.29) is 0 Å². The van der Waals surface area contributed by atoms with Gasteiger partial charge in [-0.1, -0.05) is 19.8 Å². The number of hydrogen-bond donors (Lipinski definition) is 1. The van der Waals surface area contributed by atoms with Crippen LogP contribution in [0.4, 0.5) is 0 Å². The lowest BCUT2D eigenvalue weighted by molar-refractivity contribution is 0.286. The van der Waals surface area contributed by atoms with E-state index in [0.29, 0.717) is 24.7 Å². The number of hydrogen-bond acceptors (Lipinski definition) is 6. The first-order chi connectivity index (χ1) is 11.8. The lowest BCUT2D eigenvalue weighted by atomic mass is 10.0. The quantitative estimate of drug-likeness (QED) is 0.748. The Morgan fingerprint density at radius 3 is 3.00 bits per heavy atom. The Bertz CT molecular complexity index is 652. The molecular formula is C17H27N5O2. The smallest absolute Gasteiger partial charge is 0.318 e. The van der Waals surface area contributed by atoms with Gasteiger partial charge in [0.05, 0.1) is 19.9 Å². The van der Waals surface area contributed by atoms with Crippen LogP contribution in [0.1, 0.15) is 45.4 Å². The molecule has 0 spiro atoms. The SMILES string of the molecule is CCCCOc1ncc2nc(OC)n(CCC3CCCCN3)c2n1. The van der Waals surface area contributed by atoms with Crippen LogP contribution in [0, 0.1) is 0 Å². The summed E-state index contributed by atoms with van der Waals surface area (Å²) in [5.74, 6) is 0. The van der Waals surface area contributed by atoms with Gasteiger partial charge in [-0.2, -0.15) is 9.97 Å². The number of piperidine rings is 1. The third-order valence-electron chi connectivity index (χ3n) is 4.46. The summed E-state index contributed by atoms with van der Waals surface area (Å²) in [4.78, 5) is 13.3. The van der Waals surface area contributed by atoms with Crippen molar-refractivity contribution in [3.05, 3.63) is 6.20 Å². The molecule has 0 radical (unpaired) electrons. The molecule has 2 aromatic heterocycles. The van der Waals surface area contributed by atoms with Crippen molar-refractivity contribution in [2.24, 2.45) is 0 Å². The van der Waals surface area contributed by atoms with E-state index in [0.717, 1.165) is 43.5 Å². The molecule has 1 N–H and O–H groups in total. The second-order valence-corrected chi connectivity index (χ2v) is 6.25. The molecule has 1 fully saturated rings. The van der Waals surface area contributed by atoms with Gasteiger partial charge < -0.3 is 14.8 Å². The Balaban J connectivity index is 1.76. The number of nitrogens with one attached hydrogen (secondary N) is 1. The fourth-order valence-corrected chi connectivity index (χ4v) is 3.07. The molecule has 3 rings (SSSR count). The minimum Gasteiger partial charge on any atom is -0.468 e. The summed E-state index contributed by atoms with van der Waals surface area (Å²) in [6.45, 7) is 4.71. The Hall–Kier alpha value is -1.89. The highest BCUT2D eigenvalue weighted by Crippen LogP contribution is 2.22. The predicted molar refractivity (Wildman–Crippen MR) is 92.5 cm³/mol. The van der Waals surface area contributed by atoms with Crippen molar-refractivity contribution in [3.63, 3.8) is 0 Å². The van der Waals surface area contributed by atoms with Gasteiger partial charge in [0, 0.05) is 12.6 Å². The fourth-order valence-electron chi connectivity index (χ4n) is 3.07. The molecule has 0 amide bonds. The molecule has 1 aliphatic rings. The van der Waals surface area contributed by atoms with Gasteiger partial charge in [-0.25, -0.2) is 4.98 Å². The number of unbranched alkanes of at least 4 members (excludes halogenated alkanes) is 1. The van der Waals surface area contributed by atoms with Crippen molar-refractivity contribution in [1.82, 2.24) is 24.8 Å². The summed E-state index contributed by atoms with van der Waals surface area (Å²) in [6.07, 6.45) is 8.64. The Kier molecular flexibility index (Phi) is 5.85. The monoisotopic (exact) mass is 333 g/mol. The maximum absolute atomic E-state index is 5.63. The van der Waals surface area contributed by atoms with Crippen LogP contribution in [0.5, 0.6) is 12.0 Å². The summed E-state index contributed by atoms with van der Waals surface area (Å²) in [7, 11) is 1.64. The average Bonchev–Trinajstić information content (AvgIpc) is 2.98. The predicted octanol–water partition coefficient (Wildman–Crippen LogP) is 2.55. The Morgan fingerprint density at radius 1 is 1.33 bits per heavy atom. The molecule has 7 heteroatoms. The van der Waals surface area contributed by atoms with Crippen molar-refractivity contribution >= 4 is 11.2 Å². The molecular weight excluding hydrogens is 306 g/mol. The number of ether oxygens (including phenoxy) is 2. The first-order valence-corrected chi connectivity index (χ1v) is 8.95. The van der Waals surface area contributed by atoms with Gasteiger partial charge in [0.2, 0.25) is 0 Å². The molecule has 2 aromatic rings. The van der Waals surface area contributed by atoms with Crippen molar-refractivity contribution in [1.29, 1.82) is 0 Å². The van der Waals surface area contributed by atoms with Crippen LogP contribution >= 0.6 is 0 Å². The van der Waals surface area contributed by atoms with Crippen LogP contribution in [0.15, 0.2) is 6.20 Å². The van der Waals surface area contributed by atoms with E-state index in [1.807, 2.05) is 4.57 Å². The summed E-state index contributed by atoms with van der Waals surface area (Å²) in [5, 5.41) is 3.58. The molecule has 0 saturated carbocycles. The minimum absolute atomic E-state index is 0.413. The molecule has 0 aromatic carbocycles. The second kappa shape index (κ2) is 8.28. The number of fused-ring (bicyclic) bond motifs is 1. The largest absolute Gasteiger partial charge is 0.468 e. The summed E-state index contributed by atoms with van der Waals surface area (Å²) >= 11 is 0. The zero-order valence-electron chi connectivity index (χ0n) is 14.6. The van der Waals surface area contributed by atoms with Gasteiger partial charge in [0.15, 0.2) is 5.65 Å². The molecule has 1 atom stereocenters. The van der Waals surface area contributed by atoms with E-state index in [1.165, 1.54) is 19.3 Å². The Labute approximate surface area is 142 Å². The molecule has 1 unspecified atom stereocenters. The second-order valence-electron chi connectivity index (χ2n) is 6.25. The Morgan fingerprint density at radius 2 is 2.25 bits per heavy atom. The molecule has 0 aliphatic carbocycles. The lowest BCUT2D eigenvalue weighted by Gasteiger charge is -2.23. The molecule has 132 valence electrons. The van der Waals surface area contributed by atoms with E-state index in [9.17, 15) is 0 Å². The normalized spacial score (nSPS) is 18.0. The van der Waals surface area contributed by atoms with E-state index in [1.54, 1.807) is 13.3 Å². The van der Waals surface area contributed by atoms with Crippen LogP contribution in [0.25, 0.3) is 11.2 Å². The molecule has 24 heavy (non-hydrogen) atoms. The summed E-state index contributed by atoms with van der Waals surface area (Å²) in [5.41, 5.74) is 1.52. The molecule has 1 aliphatic heterocycles. The van der Waals surface area contributed by atoms with Crippen LogP contribution in [-0.4, -0.2) is 45.8 Å². The van der Waals surface area contributed by atoms with Crippen molar-refractivity contribution in [3.8, 4) is 12.0 Å². The van der Waals surface area contributed by atoms with Gasteiger partial charge in [0.1, 0.15) is 5.52 Å².